The van der Waals surface area contributed by atoms with E-state index < -0.39 is 0 Å². The fraction of sp³-hybridized carbons (Fsp3) is 0.333. The van der Waals surface area contributed by atoms with Crippen LogP contribution < -0.4 is 0 Å². The molecule has 0 aromatic heterocycles. The molecule has 0 radical (unpaired) electrons. The van der Waals surface area contributed by atoms with E-state index in [4.69, 9.17) is 0 Å². The second-order valence-electron chi connectivity index (χ2n) is 5.68. The third kappa shape index (κ3) is 3.66. The molecule has 1 aliphatic rings. The van der Waals surface area contributed by atoms with Crippen LogP contribution in [0.25, 0.3) is 0 Å². The van der Waals surface area contributed by atoms with E-state index >= 15 is 0 Å². The number of benzene rings is 2. The van der Waals surface area contributed by atoms with Crippen molar-refractivity contribution in [1.29, 1.82) is 0 Å². The summed E-state index contributed by atoms with van der Waals surface area (Å²) in [6.45, 7) is 2.21. The first-order chi connectivity index (χ1) is 10.2. The number of nitrogens with zero attached hydrogens (tertiary/aromatic N) is 1. The van der Waals surface area contributed by atoms with E-state index in [1.807, 2.05) is 23.9 Å². The van der Waals surface area contributed by atoms with Crippen LogP contribution in [-0.4, -0.2) is 30.3 Å². The molecule has 3 rings (SSSR count). The van der Waals surface area contributed by atoms with Gasteiger partial charge >= 0.3 is 0 Å². The van der Waals surface area contributed by atoms with E-state index in [2.05, 4.69) is 42.3 Å². The average Bonchev–Trinajstić information content (AvgIpc) is 2.52. The maximum atomic E-state index is 13.0. The summed E-state index contributed by atoms with van der Waals surface area (Å²) in [7, 11) is 2.19. The van der Waals surface area contributed by atoms with Gasteiger partial charge in [0.05, 0.1) is 0 Å². The largest absolute Gasteiger partial charge is 0.306 e. The number of halogens is 1. The lowest BCUT2D eigenvalue weighted by molar-refractivity contribution is 0.256. The number of likely N-dealkylation sites (tertiary alicyclic amines) is 1. The molecule has 0 saturated carbocycles. The van der Waals surface area contributed by atoms with Gasteiger partial charge in [-0.15, -0.1) is 11.8 Å². The van der Waals surface area contributed by atoms with E-state index in [0.29, 0.717) is 11.2 Å². The first-order valence-electron chi connectivity index (χ1n) is 7.38. The van der Waals surface area contributed by atoms with Gasteiger partial charge in [-0.25, -0.2) is 4.39 Å². The number of likely N-dealkylation sites (N-methyl/N-ethyl adjacent to an activating group) is 1. The van der Waals surface area contributed by atoms with Crippen LogP contribution in [0.2, 0.25) is 0 Å². The lowest BCUT2D eigenvalue weighted by Crippen LogP contribution is -2.38. The Hall–Kier alpha value is -1.32. The van der Waals surface area contributed by atoms with Crippen molar-refractivity contribution < 1.29 is 4.39 Å². The second-order valence-corrected chi connectivity index (χ2v) is 6.99. The van der Waals surface area contributed by atoms with Crippen LogP contribution in [0.15, 0.2) is 59.5 Å². The molecular formula is C18H20FNS. The van der Waals surface area contributed by atoms with Crippen molar-refractivity contribution in [2.75, 3.05) is 20.1 Å². The monoisotopic (exact) mass is 301 g/mol. The predicted molar refractivity (Wildman–Crippen MR) is 87.3 cm³/mol. The van der Waals surface area contributed by atoms with Crippen LogP contribution in [0.3, 0.4) is 0 Å². The Morgan fingerprint density at radius 1 is 1.05 bits per heavy atom. The zero-order chi connectivity index (χ0) is 14.7. The lowest BCUT2D eigenvalue weighted by Gasteiger charge is -2.36. The molecule has 2 atom stereocenters. The topological polar surface area (TPSA) is 3.24 Å². The fourth-order valence-electron chi connectivity index (χ4n) is 2.94. The third-order valence-corrected chi connectivity index (χ3v) is 5.49. The van der Waals surface area contributed by atoms with Gasteiger partial charge in [-0.1, -0.05) is 30.3 Å². The molecule has 0 spiro atoms. The molecule has 2 aromatic carbocycles. The average molecular weight is 301 g/mol. The van der Waals surface area contributed by atoms with Gasteiger partial charge < -0.3 is 4.90 Å². The van der Waals surface area contributed by atoms with E-state index in [0.717, 1.165) is 24.4 Å². The Balaban J connectivity index is 1.79. The van der Waals surface area contributed by atoms with Crippen molar-refractivity contribution in [3.05, 3.63) is 66.0 Å². The van der Waals surface area contributed by atoms with Crippen LogP contribution in [0, 0.1) is 5.82 Å². The first kappa shape index (κ1) is 14.6. The number of piperidine rings is 1. The summed E-state index contributed by atoms with van der Waals surface area (Å²) in [6.07, 6.45) is 1.16. The van der Waals surface area contributed by atoms with E-state index in [1.165, 1.54) is 5.56 Å². The highest BCUT2D eigenvalue weighted by atomic mass is 32.2. The minimum Gasteiger partial charge on any atom is -0.306 e. The Labute approximate surface area is 130 Å². The molecule has 0 N–H and O–H groups in total. The highest BCUT2D eigenvalue weighted by Gasteiger charge is 2.29. The number of rotatable bonds is 3. The standard InChI is InChI=1S/C18H20FNS/c1-20-12-11-18(21-16-9-7-15(19)8-10-16)17(13-20)14-5-3-2-4-6-14/h2-10,17-18H,11-13H2,1H3. The third-order valence-electron chi connectivity index (χ3n) is 4.08. The summed E-state index contributed by atoms with van der Waals surface area (Å²) in [5, 5.41) is 0.550. The number of thioether (sulfide) groups is 1. The molecule has 110 valence electrons. The maximum Gasteiger partial charge on any atom is 0.123 e. The first-order valence-corrected chi connectivity index (χ1v) is 8.26. The molecule has 1 nitrogen and oxygen atoms in total. The smallest absolute Gasteiger partial charge is 0.123 e. The zero-order valence-electron chi connectivity index (χ0n) is 12.2. The number of hydrogen-bond acceptors (Lipinski definition) is 2. The molecule has 0 bridgehead atoms. The number of hydrogen-bond donors (Lipinski definition) is 0. The van der Waals surface area contributed by atoms with Gasteiger partial charge in [0.15, 0.2) is 0 Å². The Morgan fingerprint density at radius 2 is 1.76 bits per heavy atom. The van der Waals surface area contributed by atoms with Gasteiger partial charge in [0, 0.05) is 22.6 Å². The van der Waals surface area contributed by atoms with Gasteiger partial charge in [0.1, 0.15) is 5.82 Å². The Morgan fingerprint density at radius 3 is 2.48 bits per heavy atom. The summed E-state index contributed by atoms with van der Waals surface area (Å²) in [5.74, 6) is 0.363. The van der Waals surface area contributed by atoms with Gasteiger partial charge in [0.25, 0.3) is 0 Å². The van der Waals surface area contributed by atoms with Gasteiger partial charge in [0.2, 0.25) is 0 Å². The quantitative estimate of drug-likeness (QED) is 0.826. The molecule has 1 aliphatic heterocycles. The Kier molecular flexibility index (Phi) is 4.61. The maximum absolute atomic E-state index is 13.0. The molecule has 1 fully saturated rings. The van der Waals surface area contributed by atoms with Crippen molar-refractivity contribution in [1.82, 2.24) is 4.90 Å². The minimum atomic E-state index is -0.165. The highest BCUT2D eigenvalue weighted by molar-refractivity contribution is 8.00. The summed E-state index contributed by atoms with van der Waals surface area (Å²) in [4.78, 5) is 3.56. The lowest BCUT2D eigenvalue weighted by atomic mass is 9.90. The molecule has 0 amide bonds. The van der Waals surface area contributed by atoms with Crippen LogP contribution in [-0.2, 0) is 0 Å². The fourth-order valence-corrected chi connectivity index (χ4v) is 4.22. The minimum absolute atomic E-state index is 0.165. The van der Waals surface area contributed by atoms with Crippen molar-refractivity contribution in [3.63, 3.8) is 0 Å². The molecule has 2 aromatic rings. The summed E-state index contributed by atoms with van der Waals surface area (Å²) < 4.78 is 13.0. The van der Waals surface area contributed by atoms with Crippen LogP contribution in [0.1, 0.15) is 17.9 Å². The molecule has 1 heterocycles. The van der Waals surface area contributed by atoms with Crippen molar-refractivity contribution in [2.45, 2.75) is 22.5 Å². The van der Waals surface area contributed by atoms with E-state index in [-0.39, 0.29) is 5.82 Å². The highest BCUT2D eigenvalue weighted by Crippen LogP contribution is 2.38. The zero-order valence-corrected chi connectivity index (χ0v) is 13.0. The van der Waals surface area contributed by atoms with Gasteiger partial charge in [-0.3, -0.25) is 0 Å². The van der Waals surface area contributed by atoms with Crippen molar-refractivity contribution in [3.8, 4) is 0 Å². The van der Waals surface area contributed by atoms with Gasteiger partial charge in [-0.05, 0) is 49.8 Å². The van der Waals surface area contributed by atoms with Crippen LogP contribution >= 0.6 is 11.8 Å². The summed E-state index contributed by atoms with van der Waals surface area (Å²) >= 11 is 1.88. The van der Waals surface area contributed by atoms with Crippen LogP contribution in [0.5, 0.6) is 0 Å². The van der Waals surface area contributed by atoms with Gasteiger partial charge in [-0.2, -0.15) is 0 Å². The summed E-state index contributed by atoms with van der Waals surface area (Å²) in [6, 6.07) is 17.6. The molecule has 2 unspecified atom stereocenters. The second kappa shape index (κ2) is 6.63. The molecule has 21 heavy (non-hydrogen) atoms. The molecule has 0 aliphatic carbocycles. The molecule has 1 saturated heterocycles. The predicted octanol–water partition coefficient (Wildman–Crippen LogP) is 4.41. The Bertz CT molecular complexity index is 570. The van der Waals surface area contributed by atoms with Crippen molar-refractivity contribution >= 4 is 11.8 Å². The van der Waals surface area contributed by atoms with Crippen molar-refractivity contribution in [2.24, 2.45) is 0 Å². The SMILES string of the molecule is CN1CCC(Sc2ccc(F)cc2)C(c2ccccc2)C1. The van der Waals surface area contributed by atoms with Crippen LogP contribution in [0.4, 0.5) is 4.39 Å². The van der Waals surface area contributed by atoms with E-state index in [1.54, 1.807) is 12.1 Å². The summed E-state index contributed by atoms with van der Waals surface area (Å²) in [5.41, 5.74) is 1.41. The molecule has 3 heteroatoms. The molecular weight excluding hydrogens is 281 g/mol. The normalized spacial score (nSPS) is 23.1. The van der Waals surface area contributed by atoms with E-state index in [9.17, 15) is 4.39 Å².